The normalized spacial score (nSPS) is 12.4. The van der Waals surface area contributed by atoms with Crippen molar-refractivity contribution in [2.75, 3.05) is 5.75 Å². The van der Waals surface area contributed by atoms with Crippen LogP contribution in [0.1, 0.15) is 11.7 Å². The van der Waals surface area contributed by atoms with E-state index in [0.29, 0.717) is 11.3 Å². The van der Waals surface area contributed by atoms with Crippen molar-refractivity contribution >= 4 is 11.8 Å². The van der Waals surface area contributed by atoms with Gasteiger partial charge in [-0.25, -0.2) is 8.78 Å². The zero-order valence-electron chi connectivity index (χ0n) is 9.51. The summed E-state index contributed by atoms with van der Waals surface area (Å²) in [5.41, 5.74) is 0.653. The van der Waals surface area contributed by atoms with Crippen LogP contribution in [-0.4, -0.2) is 10.9 Å². The van der Waals surface area contributed by atoms with Gasteiger partial charge in [-0.2, -0.15) is 0 Å². The van der Waals surface area contributed by atoms with E-state index >= 15 is 0 Å². The van der Waals surface area contributed by atoms with Gasteiger partial charge in [-0.1, -0.05) is 18.2 Å². The first kappa shape index (κ1) is 13.1. The molecule has 0 saturated heterocycles. The van der Waals surface area contributed by atoms with Crippen LogP contribution < -0.4 is 0 Å². The molecule has 2 aromatic carbocycles. The van der Waals surface area contributed by atoms with Crippen LogP contribution in [-0.2, 0) is 0 Å². The number of aliphatic hydroxyl groups excluding tert-OH is 1. The van der Waals surface area contributed by atoms with Crippen LogP contribution in [0.25, 0.3) is 0 Å². The Morgan fingerprint density at radius 3 is 2.39 bits per heavy atom. The minimum absolute atomic E-state index is 0.295. The van der Waals surface area contributed by atoms with Gasteiger partial charge in [0, 0.05) is 10.6 Å². The lowest BCUT2D eigenvalue weighted by atomic mass is 10.1. The zero-order valence-corrected chi connectivity index (χ0v) is 10.3. The molecule has 0 spiro atoms. The first-order valence-electron chi connectivity index (χ1n) is 5.47. The summed E-state index contributed by atoms with van der Waals surface area (Å²) in [5, 5.41) is 9.90. The van der Waals surface area contributed by atoms with Crippen molar-refractivity contribution in [1.29, 1.82) is 0 Å². The quantitative estimate of drug-likeness (QED) is 0.850. The third kappa shape index (κ3) is 3.55. The molecule has 0 fully saturated rings. The van der Waals surface area contributed by atoms with E-state index in [4.69, 9.17) is 0 Å². The topological polar surface area (TPSA) is 20.2 Å². The van der Waals surface area contributed by atoms with E-state index < -0.39 is 6.10 Å². The summed E-state index contributed by atoms with van der Waals surface area (Å²) in [6.45, 7) is 0. The van der Waals surface area contributed by atoms with Gasteiger partial charge >= 0.3 is 0 Å². The molecule has 0 aromatic heterocycles. The molecule has 2 aromatic rings. The second-order valence-electron chi connectivity index (χ2n) is 3.84. The highest BCUT2D eigenvalue weighted by Gasteiger charge is 2.08. The Kier molecular flexibility index (Phi) is 4.33. The second kappa shape index (κ2) is 5.98. The average molecular weight is 266 g/mol. The van der Waals surface area contributed by atoms with Crippen molar-refractivity contribution in [3.63, 3.8) is 0 Å². The zero-order chi connectivity index (χ0) is 13.0. The van der Waals surface area contributed by atoms with E-state index in [-0.39, 0.29) is 11.6 Å². The maximum atomic E-state index is 12.9. The fraction of sp³-hybridized carbons (Fsp3) is 0.143. The van der Waals surface area contributed by atoms with Crippen LogP contribution >= 0.6 is 11.8 Å². The smallest absolute Gasteiger partial charge is 0.124 e. The summed E-state index contributed by atoms with van der Waals surface area (Å²) in [4.78, 5) is 0.760. The maximum Gasteiger partial charge on any atom is 0.124 e. The summed E-state index contributed by atoms with van der Waals surface area (Å²) in [6, 6.07) is 11.9. The lowest BCUT2D eigenvalue weighted by Gasteiger charge is -2.10. The molecule has 1 N–H and O–H groups in total. The van der Waals surface area contributed by atoms with Gasteiger partial charge in [-0.05, 0) is 35.9 Å². The molecule has 1 nitrogen and oxygen atoms in total. The Hall–Kier alpha value is -1.39. The van der Waals surface area contributed by atoms with Crippen molar-refractivity contribution in [2.24, 2.45) is 0 Å². The highest BCUT2D eigenvalue weighted by molar-refractivity contribution is 7.99. The molecule has 0 radical (unpaired) electrons. The Bertz CT molecular complexity index is 513. The number of hydrogen-bond acceptors (Lipinski definition) is 2. The largest absolute Gasteiger partial charge is 0.388 e. The molecule has 0 aliphatic carbocycles. The summed E-state index contributed by atoms with van der Waals surface area (Å²) in [5.74, 6) is -0.227. The van der Waals surface area contributed by atoms with Gasteiger partial charge in [0.2, 0.25) is 0 Å². The monoisotopic (exact) mass is 266 g/mol. The van der Waals surface area contributed by atoms with Crippen molar-refractivity contribution < 1.29 is 13.9 Å². The molecule has 94 valence electrons. The van der Waals surface area contributed by atoms with Crippen LogP contribution in [0.15, 0.2) is 53.4 Å². The van der Waals surface area contributed by atoms with E-state index in [9.17, 15) is 13.9 Å². The van der Waals surface area contributed by atoms with Crippen LogP contribution in [0.5, 0.6) is 0 Å². The highest BCUT2D eigenvalue weighted by atomic mass is 32.2. The molecule has 4 heteroatoms. The van der Waals surface area contributed by atoms with Crippen LogP contribution in [0.4, 0.5) is 8.78 Å². The highest BCUT2D eigenvalue weighted by Crippen LogP contribution is 2.25. The molecule has 0 amide bonds. The third-order valence-corrected chi connectivity index (χ3v) is 3.53. The number of rotatable bonds is 4. The predicted octanol–water partition coefficient (Wildman–Crippen LogP) is 3.79. The fourth-order valence-corrected chi connectivity index (χ4v) is 2.43. The van der Waals surface area contributed by atoms with Crippen molar-refractivity contribution in [2.45, 2.75) is 11.0 Å². The van der Waals surface area contributed by atoms with Crippen LogP contribution in [0.2, 0.25) is 0 Å². The number of benzene rings is 2. The van der Waals surface area contributed by atoms with E-state index in [1.807, 2.05) is 0 Å². The molecule has 1 atom stereocenters. The first-order chi connectivity index (χ1) is 8.65. The molecule has 0 heterocycles. The predicted molar refractivity (Wildman–Crippen MR) is 68.5 cm³/mol. The van der Waals surface area contributed by atoms with E-state index in [1.165, 1.54) is 36.0 Å². The second-order valence-corrected chi connectivity index (χ2v) is 4.93. The summed E-state index contributed by atoms with van der Waals surface area (Å²) < 4.78 is 25.7. The minimum Gasteiger partial charge on any atom is -0.388 e. The Labute approximate surface area is 108 Å². The molecule has 0 saturated carbocycles. The van der Waals surface area contributed by atoms with Crippen LogP contribution in [0, 0.1) is 11.6 Å². The Morgan fingerprint density at radius 2 is 1.72 bits per heavy atom. The van der Waals surface area contributed by atoms with Crippen molar-refractivity contribution in [3.05, 3.63) is 65.7 Å². The Morgan fingerprint density at radius 1 is 1.00 bits per heavy atom. The van der Waals surface area contributed by atoms with Gasteiger partial charge in [0.05, 0.1) is 6.10 Å². The molecule has 2 rings (SSSR count). The molecular formula is C14H12F2OS. The molecule has 1 unspecified atom stereocenters. The van der Waals surface area contributed by atoms with E-state index in [1.54, 1.807) is 24.3 Å². The molecule has 18 heavy (non-hydrogen) atoms. The number of hydrogen-bond donors (Lipinski definition) is 1. The summed E-state index contributed by atoms with van der Waals surface area (Å²) >= 11 is 1.36. The minimum atomic E-state index is -0.695. The van der Waals surface area contributed by atoms with Crippen molar-refractivity contribution in [1.82, 2.24) is 0 Å². The first-order valence-corrected chi connectivity index (χ1v) is 6.45. The molecular weight excluding hydrogens is 254 g/mol. The molecule has 0 aliphatic rings. The fourth-order valence-electron chi connectivity index (χ4n) is 1.51. The van der Waals surface area contributed by atoms with Gasteiger partial charge in [0.1, 0.15) is 11.6 Å². The lowest BCUT2D eigenvalue weighted by molar-refractivity contribution is 0.204. The number of aliphatic hydroxyl groups is 1. The Balaban J connectivity index is 1.96. The lowest BCUT2D eigenvalue weighted by Crippen LogP contribution is -2.00. The van der Waals surface area contributed by atoms with Gasteiger partial charge in [0.15, 0.2) is 0 Å². The summed E-state index contributed by atoms with van der Waals surface area (Å²) in [7, 11) is 0. The third-order valence-electron chi connectivity index (χ3n) is 2.46. The summed E-state index contributed by atoms with van der Waals surface area (Å²) in [6.07, 6.45) is -0.695. The van der Waals surface area contributed by atoms with E-state index in [2.05, 4.69) is 0 Å². The SMILES string of the molecule is OC(CSc1cccc(F)c1)c1ccc(F)cc1. The average Bonchev–Trinajstić information content (AvgIpc) is 2.37. The molecule has 0 bridgehead atoms. The maximum absolute atomic E-state index is 12.9. The van der Waals surface area contributed by atoms with Gasteiger partial charge < -0.3 is 5.11 Å². The standard InChI is InChI=1S/C14H12F2OS/c15-11-6-4-10(5-7-11)14(17)9-18-13-3-1-2-12(16)8-13/h1-8,14,17H,9H2. The van der Waals surface area contributed by atoms with Crippen LogP contribution in [0.3, 0.4) is 0 Å². The van der Waals surface area contributed by atoms with Gasteiger partial charge in [-0.15, -0.1) is 11.8 Å². The molecule has 0 aliphatic heterocycles. The van der Waals surface area contributed by atoms with E-state index in [0.717, 1.165) is 4.90 Å². The number of halogens is 2. The number of thioether (sulfide) groups is 1. The van der Waals surface area contributed by atoms with Gasteiger partial charge in [0.25, 0.3) is 0 Å². The van der Waals surface area contributed by atoms with Crippen molar-refractivity contribution in [3.8, 4) is 0 Å². The van der Waals surface area contributed by atoms with Gasteiger partial charge in [-0.3, -0.25) is 0 Å².